The molecule has 2 aromatic carbocycles. The zero-order valence-electron chi connectivity index (χ0n) is 9.91. The van der Waals surface area contributed by atoms with Gasteiger partial charge < -0.3 is 4.74 Å². The number of hydrogen-bond acceptors (Lipinski definition) is 2. The van der Waals surface area contributed by atoms with Gasteiger partial charge in [-0.2, -0.15) is 4.39 Å². The molecule has 0 N–H and O–H groups in total. The standard InChI is InChI=1S/C14H9BrF2O2/c1-8-4-11(3-2-9(8)7-18)19-13-6-10(15)5-12(16)14(13)17/h2-7H,1H3. The van der Waals surface area contributed by atoms with Crippen LogP contribution in [0.4, 0.5) is 8.78 Å². The van der Waals surface area contributed by atoms with Crippen LogP contribution in [0, 0.1) is 18.6 Å². The molecule has 0 amide bonds. The van der Waals surface area contributed by atoms with E-state index in [1.165, 1.54) is 12.1 Å². The summed E-state index contributed by atoms with van der Waals surface area (Å²) in [7, 11) is 0. The normalized spacial score (nSPS) is 10.3. The van der Waals surface area contributed by atoms with Gasteiger partial charge in [-0.3, -0.25) is 4.79 Å². The number of aryl methyl sites for hydroxylation is 1. The summed E-state index contributed by atoms with van der Waals surface area (Å²) in [6.45, 7) is 1.73. The van der Waals surface area contributed by atoms with E-state index in [1.807, 2.05) is 0 Å². The second-order valence-electron chi connectivity index (χ2n) is 3.94. The van der Waals surface area contributed by atoms with E-state index in [0.29, 0.717) is 21.3 Å². The molecule has 0 radical (unpaired) electrons. The minimum Gasteiger partial charge on any atom is -0.454 e. The van der Waals surface area contributed by atoms with Gasteiger partial charge in [0.05, 0.1) is 0 Å². The Morgan fingerprint density at radius 2 is 1.95 bits per heavy atom. The highest BCUT2D eigenvalue weighted by Gasteiger charge is 2.12. The average molecular weight is 327 g/mol. The van der Waals surface area contributed by atoms with E-state index in [-0.39, 0.29) is 5.75 Å². The minimum atomic E-state index is -1.06. The Labute approximate surface area is 117 Å². The number of ether oxygens (including phenoxy) is 1. The van der Waals surface area contributed by atoms with Gasteiger partial charge in [0, 0.05) is 10.0 Å². The lowest BCUT2D eigenvalue weighted by Crippen LogP contribution is -1.94. The first-order valence-electron chi connectivity index (χ1n) is 5.39. The van der Waals surface area contributed by atoms with E-state index in [0.717, 1.165) is 12.4 Å². The van der Waals surface area contributed by atoms with Gasteiger partial charge in [-0.25, -0.2) is 4.39 Å². The number of halogens is 3. The molecule has 0 aromatic heterocycles. The van der Waals surface area contributed by atoms with Gasteiger partial charge in [0.15, 0.2) is 11.6 Å². The van der Waals surface area contributed by atoms with Crippen LogP contribution in [-0.4, -0.2) is 6.29 Å². The number of carbonyl (C=O) groups excluding carboxylic acids is 1. The fraction of sp³-hybridized carbons (Fsp3) is 0.0714. The van der Waals surface area contributed by atoms with Crippen LogP contribution in [0.15, 0.2) is 34.8 Å². The molecule has 0 spiro atoms. The second-order valence-corrected chi connectivity index (χ2v) is 4.85. The second kappa shape index (κ2) is 5.48. The maximum absolute atomic E-state index is 13.5. The number of aldehydes is 1. The lowest BCUT2D eigenvalue weighted by molar-refractivity contribution is 0.112. The first-order chi connectivity index (χ1) is 9.01. The van der Waals surface area contributed by atoms with Crippen LogP contribution >= 0.6 is 15.9 Å². The summed E-state index contributed by atoms with van der Waals surface area (Å²) in [6.07, 6.45) is 0.721. The van der Waals surface area contributed by atoms with Crippen molar-refractivity contribution in [2.75, 3.05) is 0 Å². The highest BCUT2D eigenvalue weighted by molar-refractivity contribution is 9.10. The Balaban J connectivity index is 2.36. The lowest BCUT2D eigenvalue weighted by Gasteiger charge is -2.09. The molecule has 0 unspecified atom stereocenters. The van der Waals surface area contributed by atoms with Gasteiger partial charge in [0.1, 0.15) is 12.0 Å². The largest absolute Gasteiger partial charge is 0.454 e. The maximum Gasteiger partial charge on any atom is 0.201 e. The molecule has 98 valence electrons. The predicted molar refractivity (Wildman–Crippen MR) is 70.7 cm³/mol. The van der Waals surface area contributed by atoms with Crippen molar-refractivity contribution < 1.29 is 18.3 Å². The van der Waals surface area contributed by atoms with E-state index in [2.05, 4.69) is 15.9 Å². The van der Waals surface area contributed by atoms with Crippen LogP contribution in [0.3, 0.4) is 0 Å². The van der Waals surface area contributed by atoms with Crippen LogP contribution in [0.5, 0.6) is 11.5 Å². The quantitative estimate of drug-likeness (QED) is 0.606. The van der Waals surface area contributed by atoms with E-state index in [1.54, 1.807) is 19.1 Å². The lowest BCUT2D eigenvalue weighted by atomic mass is 10.1. The number of hydrogen-bond donors (Lipinski definition) is 0. The Hall–Kier alpha value is -1.75. The summed E-state index contributed by atoms with van der Waals surface area (Å²) in [5, 5.41) is 0. The summed E-state index contributed by atoms with van der Waals surface area (Å²) in [5.74, 6) is -1.93. The zero-order chi connectivity index (χ0) is 14.0. The first-order valence-corrected chi connectivity index (χ1v) is 6.19. The Bertz CT molecular complexity index is 642. The van der Waals surface area contributed by atoms with Crippen molar-refractivity contribution in [3.05, 3.63) is 57.6 Å². The molecule has 2 nitrogen and oxygen atoms in total. The minimum absolute atomic E-state index is 0.217. The third kappa shape index (κ3) is 2.98. The molecule has 0 saturated heterocycles. The summed E-state index contributed by atoms with van der Waals surface area (Å²) in [4.78, 5) is 10.7. The number of carbonyl (C=O) groups is 1. The maximum atomic E-state index is 13.5. The van der Waals surface area contributed by atoms with Crippen LogP contribution in [0.25, 0.3) is 0 Å². The van der Waals surface area contributed by atoms with E-state index in [9.17, 15) is 13.6 Å². The van der Waals surface area contributed by atoms with Crippen molar-refractivity contribution in [3.8, 4) is 11.5 Å². The van der Waals surface area contributed by atoms with Gasteiger partial charge in [0.25, 0.3) is 0 Å². The predicted octanol–water partition coefficient (Wildman–Crippen LogP) is 4.64. The van der Waals surface area contributed by atoms with Gasteiger partial charge in [0.2, 0.25) is 5.82 Å². The third-order valence-corrected chi connectivity index (χ3v) is 3.01. The molecule has 0 aliphatic carbocycles. The van der Waals surface area contributed by atoms with Crippen molar-refractivity contribution in [1.82, 2.24) is 0 Å². The van der Waals surface area contributed by atoms with E-state index >= 15 is 0 Å². The molecule has 5 heteroatoms. The molecule has 0 saturated carbocycles. The van der Waals surface area contributed by atoms with Crippen LogP contribution in [-0.2, 0) is 0 Å². The van der Waals surface area contributed by atoms with Crippen molar-refractivity contribution in [2.24, 2.45) is 0 Å². The third-order valence-electron chi connectivity index (χ3n) is 2.56. The first kappa shape index (κ1) is 13.7. The van der Waals surface area contributed by atoms with Gasteiger partial charge in [-0.15, -0.1) is 0 Å². The van der Waals surface area contributed by atoms with E-state index < -0.39 is 11.6 Å². The fourth-order valence-electron chi connectivity index (χ4n) is 1.58. The molecule has 0 atom stereocenters. The number of rotatable bonds is 3. The van der Waals surface area contributed by atoms with Gasteiger partial charge >= 0.3 is 0 Å². The van der Waals surface area contributed by atoms with Gasteiger partial charge in [-0.05, 0) is 42.8 Å². The molecule has 0 aliphatic heterocycles. The summed E-state index contributed by atoms with van der Waals surface area (Å²) < 4.78 is 32.4. The molecule has 19 heavy (non-hydrogen) atoms. The summed E-state index contributed by atoms with van der Waals surface area (Å²) in [5.41, 5.74) is 1.22. The van der Waals surface area contributed by atoms with Crippen LogP contribution in [0.1, 0.15) is 15.9 Å². The molecule has 0 heterocycles. The van der Waals surface area contributed by atoms with Crippen LogP contribution in [0.2, 0.25) is 0 Å². The Kier molecular flexibility index (Phi) is 3.95. The van der Waals surface area contributed by atoms with Crippen molar-refractivity contribution in [1.29, 1.82) is 0 Å². The number of benzene rings is 2. The highest BCUT2D eigenvalue weighted by atomic mass is 79.9. The topological polar surface area (TPSA) is 26.3 Å². The summed E-state index contributed by atoms with van der Waals surface area (Å²) in [6, 6.07) is 7.02. The SMILES string of the molecule is Cc1cc(Oc2cc(Br)cc(F)c2F)ccc1C=O. The highest BCUT2D eigenvalue weighted by Crippen LogP contribution is 2.30. The molecule has 2 rings (SSSR count). The molecule has 0 bridgehead atoms. The smallest absolute Gasteiger partial charge is 0.201 e. The molecule has 0 fully saturated rings. The molecular weight excluding hydrogens is 318 g/mol. The molecular formula is C14H9BrF2O2. The molecule has 2 aromatic rings. The zero-order valence-corrected chi connectivity index (χ0v) is 11.5. The monoisotopic (exact) mass is 326 g/mol. The Morgan fingerprint density at radius 3 is 2.58 bits per heavy atom. The van der Waals surface area contributed by atoms with E-state index in [4.69, 9.17) is 4.74 Å². The Morgan fingerprint density at radius 1 is 1.21 bits per heavy atom. The van der Waals surface area contributed by atoms with Crippen molar-refractivity contribution >= 4 is 22.2 Å². The average Bonchev–Trinajstić information content (AvgIpc) is 2.35. The van der Waals surface area contributed by atoms with Crippen LogP contribution < -0.4 is 4.74 Å². The fourth-order valence-corrected chi connectivity index (χ4v) is 1.99. The van der Waals surface area contributed by atoms with Crippen molar-refractivity contribution in [3.63, 3.8) is 0 Å². The summed E-state index contributed by atoms with van der Waals surface area (Å²) >= 11 is 3.06. The molecule has 0 aliphatic rings. The van der Waals surface area contributed by atoms with Gasteiger partial charge in [-0.1, -0.05) is 15.9 Å². The van der Waals surface area contributed by atoms with Crippen molar-refractivity contribution in [2.45, 2.75) is 6.92 Å².